The number of nitrogens with one attached hydrogen (secondary N) is 1. The minimum absolute atomic E-state index is 0.0652. The zero-order valence-electron chi connectivity index (χ0n) is 13.8. The molecule has 1 fully saturated rings. The number of rotatable bonds is 6. The van der Waals surface area contributed by atoms with E-state index in [1.807, 2.05) is 0 Å². The Morgan fingerprint density at radius 1 is 1.42 bits per heavy atom. The highest BCUT2D eigenvalue weighted by Crippen LogP contribution is 2.24. The Hall–Kier alpha value is -1.89. The third kappa shape index (κ3) is 5.63. The van der Waals surface area contributed by atoms with Crippen LogP contribution in [0.25, 0.3) is 0 Å². The number of alkyl halides is 2. The Kier molecular flexibility index (Phi) is 6.78. The van der Waals surface area contributed by atoms with Crippen molar-refractivity contribution in [3.8, 4) is 5.75 Å². The van der Waals surface area contributed by atoms with Gasteiger partial charge in [0.15, 0.2) is 0 Å². The molecule has 134 valence electrons. The van der Waals surface area contributed by atoms with E-state index in [1.165, 1.54) is 12.1 Å². The number of hydrogen-bond donors (Lipinski definition) is 2. The first kappa shape index (κ1) is 18.4. The predicted molar refractivity (Wildman–Crippen MR) is 85.9 cm³/mol. The van der Waals surface area contributed by atoms with Crippen LogP contribution in [0, 0.1) is 5.92 Å². The Labute approximate surface area is 140 Å². The molecule has 1 aliphatic rings. The molecule has 1 saturated carbocycles. The van der Waals surface area contributed by atoms with E-state index in [2.05, 4.69) is 10.1 Å². The van der Waals surface area contributed by atoms with Crippen molar-refractivity contribution in [3.05, 3.63) is 29.8 Å². The molecule has 1 aromatic rings. The quantitative estimate of drug-likeness (QED) is 0.835. The van der Waals surface area contributed by atoms with Gasteiger partial charge in [0.1, 0.15) is 5.75 Å². The van der Waals surface area contributed by atoms with Gasteiger partial charge in [0.25, 0.3) is 0 Å². The fourth-order valence-electron chi connectivity index (χ4n) is 2.98. The van der Waals surface area contributed by atoms with Gasteiger partial charge in [-0.3, -0.25) is 0 Å². The van der Waals surface area contributed by atoms with Crippen molar-refractivity contribution in [1.82, 2.24) is 10.2 Å². The fourth-order valence-corrected chi connectivity index (χ4v) is 2.98. The molecule has 5 nitrogen and oxygen atoms in total. The molecule has 0 saturated heterocycles. The van der Waals surface area contributed by atoms with Crippen LogP contribution >= 0.6 is 0 Å². The highest BCUT2D eigenvalue weighted by molar-refractivity contribution is 5.73. The van der Waals surface area contributed by atoms with Gasteiger partial charge in [-0.1, -0.05) is 25.0 Å². The van der Waals surface area contributed by atoms with Crippen molar-refractivity contribution >= 4 is 6.03 Å². The summed E-state index contributed by atoms with van der Waals surface area (Å²) >= 11 is 0. The number of carbonyl (C=O) groups excluding carboxylic acids is 1. The number of nitrogens with zero attached hydrogens (tertiary/aromatic N) is 1. The van der Waals surface area contributed by atoms with E-state index in [1.54, 1.807) is 24.1 Å². The highest BCUT2D eigenvalue weighted by atomic mass is 19.3. The lowest BCUT2D eigenvalue weighted by molar-refractivity contribution is -0.0498. The lowest BCUT2D eigenvalue weighted by Gasteiger charge is -2.31. The van der Waals surface area contributed by atoms with Crippen LogP contribution in [-0.4, -0.2) is 42.3 Å². The molecule has 0 radical (unpaired) electrons. The van der Waals surface area contributed by atoms with Crippen LogP contribution in [0.2, 0.25) is 0 Å². The van der Waals surface area contributed by atoms with Crippen LogP contribution in [0.5, 0.6) is 5.75 Å². The largest absolute Gasteiger partial charge is 0.435 e. The molecule has 7 heteroatoms. The van der Waals surface area contributed by atoms with Crippen molar-refractivity contribution in [2.45, 2.75) is 44.9 Å². The summed E-state index contributed by atoms with van der Waals surface area (Å²) in [5.41, 5.74) is 0.674. The van der Waals surface area contributed by atoms with Gasteiger partial charge in [-0.25, -0.2) is 4.79 Å². The summed E-state index contributed by atoms with van der Waals surface area (Å²) in [5.74, 6) is 0.174. The maximum atomic E-state index is 12.2. The van der Waals surface area contributed by atoms with Crippen molar-refractivity contribution in [3.63, 3.8) is 0 Å². The molecule has 2 atom stereocenters. The van der Waals surface area contributed by atoms with Crippen molar-refractivity contribution in [2.24, 2.45) is 5.92 Å². The van der Waals surface area contributed by atoms with Crippen LogP contribution in [0.4, 0.5) is 13.6 Å². The second kappa shape index (κ2) is 8.82. The fraction of sp³-hybridized carbons (Fsp3) is 0.588. The lowest BCUT2D eigenvalue weighted by atomic mass is 9.86. The number of ether oxygens (including phenoxy) is 1. The van der Waals surface area contributed by atoms with E-state index in [4.69, 9.17) is 0 Å². The van der Waals surface area contributed by atoms with E-state index in [0.717, 1.165) is 25.7 Å². The monoisotopic (exact) mass is 342 g/mol. The summed E-state index contributed by atoms with van der Waals surface area (Å²) in [4.78, 5) is 13.7. The maximum Gasteiger partial charge on any atom is 0.387 e. The van der Waals surface area contributed by atoms with Gasteiger partial charge in [-0.2, -0.15) is 8.78 Å². The zero-order chi connectivity index (χ0) is 17.5. The van der Waals surface area contributed by atoms with Gasteiger partial charge >= 0.3 is 12.6 Å². The number of hydrogen-bond acceptors (Lipinski definition) is 3. The SMILES string of the molecule is CN(C[C@@H]1CCCC[C@@H]1O)C(=O)NCc1cccc(OC(F)F)c1. The summed E-state index contributed by atoms with van der Waals surface area (Å²) in [6, 6.07) is 5.98. The summed E-state index contributed by atoms with van der Waals surface area (Å²) in [5, 5.41) is 12.7. The molecule has 0 bridgehead atoms. The van der Waals surface area contributed by atoms with Gasteiger partial charge in [0, 0.05) is 26.1 Å². The number of amides is 2. The van der Waals surface area contributed by atoms with Crippen LogP contribution < -0.4 is 10.1 Å². The highest BCUT2D eigenvalue weighted by Gasteiger charge is 2.25. The standard InChI is InChI=1S/C17H24F2N2O3/c1-21(11-13-6-2-3-8-15(13)22)17(23)20-10-12-5-4-7-14(9-12)24-16(18)19/h4-5,7,9,13,15-16,22H,2-3,6,8,10-11H2,1H3,(H,20,23)/t13-,15-/m0/s1. The van der Waals surface area contributed by atoms with Gasteiger partial charge in [-0.15, -0.1) is 0 Å². The van der Waals surface area contributed by atoms with Crippen LogP contribution in [0.1, 0.15) is 31.2 Å². The minimum atomic E-state index is -2.87. The molecule has 0 aliphatic heterocycles. The van der Waals surface area contributed by atoms with Crippen molar-refractivity contribution in [2.75, 3.05) is 13.6 Å². The number of benzene rings is 1. The summed E-state index contributed by atoms with van der Waals surface area (Å²) < 4.78 is 28.8. The van der Waals surface area contributed by atoms with Crippen LogP contribution in [-0.2, 0) is 6.54 Å². The topological polar surface area (TPSA) is 61.8 Å². The summed E-state index contributed by atoms with van der Waals surface area (Å²) in [6.45, 7) is -2.15. The van der Waals surface area contributed by atoms with E-state index in [0.29, 0.717) is 12.1 Å². The lowest BCUT2D eigenvalue weighted by Crippen LogP contribution is -2.42. The van der Waals surface area contributed by atoms with Gasteiger partial charge < -0.3 is 20.1 Å². The Balaban J connectivity index is 1.81. The summed E-state index contributed by atoms with van der Waals surface area (Å²) in [6.07, 6.45) is 3.47. The third-order valence-electron chi connectivity index (χ3n) is 4.29. The molecule has 1 aliphatic carbocycles. The number of carbonyl (C=O) groups is 1. The first-order valence-electron chi connectivity index (χ1n) is 8.16. The first-order valence-corrected chi connectivity index (χ1v) is 8.16. The molecule has 1 aromatic carbocycles. The number of halogens is 2. The van der Waals surface area contributed by atoms with E-state index >= 15 is 0 Å². The average Bonchev–Trinajstić information content (AvgIpc) is 2.54. The Morgan fingerprint density at radius 3 is 2.88 bits per heavy atom. The van der Waals surface area contributed by atoms with Crippen LogP contribution in [0.15, 0.2) is 24.3 Å². The normalized spacial score (nSPS) is 20.7. The molecule has 0 heterocycles. The Morgan fingerprint density at radius 2 is 2.17 bits per heavy atom. The van der Waals surface area contributed by atoms with Gasteiger partial charge in [0.2, 0.25) is 0 Å². The smallest absolute Gasteiger partial charge is 0.387 e. The second-order valence-corrected chi connectivity index (χ2v) is 6.18. The van der Waals surface area contributed by atoms with E-state index in [-0.39, 0.29) is 30.3 Å². The predicted octanol–water partition coefficient (Wildman–Crippen LogP) is 2.98. The minimum Gasteiger partial charge on any atom is -0.435 e. The van der Waals surface area contributed by atoms with Crippen LogP contribution in [0.3, 0.4) is 0 Å². The van der Waals surface area contributed by atoms with Gasteiger partial charge in [-0.05, 0) is 30.5 Å². The van der Waals surface area contributed by atoms with E-state index in [9.17, 15) is 18.7 Å². The number of urea groups is 1. The molecule has 0 unspecified atom stereocenters. The van der Waals surface area contributed by atoms with Crippen molar-refractivity contribution < 1.29 is 23.4 Å². The molecular formula is C17H24F2N2O3. The molecule has 0 spiro atoms. The molecule has 0 aromatic heterocycles. The second-order valence-electron chi connectivity index (χ2n) is 6.18. The number of aliphatic hydroxyl groups excluding tert-OH is 1. The molecule has 2 N–H and O–H groups in total. The summed E-state index contributed by atoms with van der Waals surface area (Å²) in [7, 11) is 1.69. The maximum absolute atomic E-state index is 12.2. The van der Waals surface area contributed by atoms with Gasteiger partial charge in [0.05, 0.1) is 6.10 Å². The third-order valence-corrected chi connectivity index (χ3v) is 4.29. The molecule has 2 rings (SSSR count). The van der Waals surface area contributed by atoms with E-state index < -0.39 is 6.61 Å². The first-order chi connectivity index (χ1) is 11.5. The Bertz CT molecular complexity index is 542. The molecular weight excluding hydrogens is 318 g/mol. The number of aliphatic hydroxyl groups is 1. The molecule has 24 heavy (non-hydrogen) atoms. The van der Waals surface area contributed by atoms with Crippen molar-refractivity contribution in [1.29, 1.82) is 0 Å². The zero-order valence-corrected chi connectivity index (χ0v) is 13.8. The average molecular weight is 342 g/mol. The molecule has 2 amide bonds.